The fourth-order valence-corrected chi connectivity index (χ4v) is 1.24. The summed E-state index contributed by atoms with van der Waals surface area (Å²) in [6, 6.07) is 9.37. The van der Waals surface area contributed by atoms with Crippen LogP contribution in [0.5, 0.6) is 11.5 Å². The molecule has 4 nitrogen and oxygen atoms in total. The molecule has 86 valence electrons. The van der Waals surface area contributed by atoms with Crippen molar-refractivity contribution < 1.29 is 9.47 Å². The smallest absolute Gasteiger partial charge is 0.119 e. The van der Waals surface area contributed by atoms with E-state index in [9.17, 15) is 0 Å². The molecule has 1 aromatic rings. The maximum absolute atomic E-state index is 8.71. The quantitative estimate of drug-likeness (QED) is 0.790. The van der Waals surface area contributed by atoms with Gasteiger partial charge in [-0.3, -0.25) is 0 Å². The molecule has 16 heavy (non-hydrogen) atoms. The number of nitrogens with zero attached hydrogens (tertiary/aromatic N) is 1. The molecular formula is C12H16N2O2. The standard InChI is InChI=1S/C12H16N2O2/c1-14-10(9-13)7-8-16-12-5-3-11(15-2)4-6-12/h3-6,10,14H,7-8H2,1-2H3. The third-order valence-electron chi connectivity index (χ3n) is 2.24. The summed E-state index contributed by atoms with van der Waals surface area (Å²) in [5, 5.41) is 11.6. The third-order valence-corrected chi connectivity index (χ3v) is 2.24. The highest BCUT2D eigenvalue weighted by Gasteiger charge is 2.03. The molecule has 0 bridgehead atoms. The number of methoxy groups -OCH3 is 1. The molecule has 1 rings (SSSR count). The first kappa shape index (κ1) is 12.3. The molecule has 0 radical (unpaired) electrons. The van der Waals surface area contributed by atoms with Crippen molar-refractivity contribution in [2.75, 3.05) is 20.8 Å². The second-order valence-electron chi connectivity index (χ2n) is 3.28. The number of benzene rings is 1. The summed E-state index contributed by atoms with van der Waals surface area (Å²) in [6.45, 7) is 0.519. The van der Waals surface area contributed by atoms with Gasteiger partial charge in [0.15, 0.2) is 0 Å². The molecule has 0 amide bonds. The lowest BCUT2D eigenvalue weighted by Gasteiger charge is -2.09. The van der Waals surface area contributed by atoms with Crippen LogP contribution in [0.25, 0.3) is 0 Å². The van der Waals surface area contributed by atoms with Gasteiger partial charge in [0.2, 0.25) is 0 Å². The van der Waals surface area contributed by atoms with Crippen molar-refractivity contribution in [3.05, 3.63) is 24.3 Å². The lowest BCUT2D eigenvalue weighted by atomic mass is 10.2. The van der Waals surface area contributed by atoms with E-state index < -0.39 is 0 Å². The van der Waals surface area contributed by atoms with E-state index in [-0.39, 0.29) is 6.04 Å². The summed E-state index contributed by atoms with van der Waals surface area (Å²) in [4.78, 5) is 0. The minimum absolute atomic E-state index is 0.154. The topological polar surface area (TPSA) is 54.3 Å². The van der Waals surface area contributed by atoms with Crippen LogP contribution in [-0.4, -0.2) is 26.8 Å². The van der Waals surface area contributed by atoms with E-state index in [0.29, 0.717) is 13.0 Å². The van der Waals surface area contributed by atoms with Gasteiger partial charge in [-0.2, -0.15) is 5.26 Å². The molecule has 0 aromatic heterocycles. The molecule has 0 saturated carbocycles. The van der Waals surface area contributed by atoms with Crippen LogP contribution in [0.15, 0.2) is 24.3 Å². The highest BCUT2D eigenvalue weighted by molar-refractivity contribution is 5.31. The maximum Gasteiger partial charge on any atom is 0.119 e. The van der Waals surface area contributed by atoms with Crippen LogP contribution in [-0.2, 0) is 0 Å². The van der Waals surface area contributed by atoms with Gasteiger partial charge in [-0.25, -0.2) is 0 Å². The zero-order valence-electron chi connectivity index (χ0n) is 9.56. The van der Waals surface area contributed by atoms with Gasteiger partial charge in [-0.05, 0) is 31.3 Å². The lowest BCUT2D eigenvalue weighted by molar-refractivity contribution is 0.299. The van der Waals surface area contributed by atoms with E-state index in [1.807, 2.05) is 24.3 Å². The Labute approximate surface area is 95.8 Å². The van der Waals surface area contributed by atoms with Crippen molar-refractivity contribution in [2.24, 2.45) is 0 Å². The first-order chi connectivity index (χ1) is 7.80. The molecule has 1 N–H and O–H groups in total. The van der Waals surface area contributed by atoms with Gasteiger partial charge in [0.25, 0.3) is 0 Å². The van der Waals surface area contributed by atoms with Crippen LogP contribution >= 0.6 is 0 Å². The molecular weight excluding hydrogens is 204 g/mol. The van der Waals surface area contributed by atoms with Crippen LogP contribution in [0.1, 0.15) is 6.42 Å². The van der Waals surface area contributed by atoms with Crippen LogP contribution in [0.4, 0.5) is 0 Å². The van der Waals surface area contributed by atoms with Crippen molar-refractivity contribution in [2.45, 2.75) is 12.5 Å². The fraction of sp³-hybridized carbons (Fsp3) is 0.417. The van der Waals surface area contributed by atoms with E-state index in [2.05, 4.69) is 11.4 Å². The lowest BCUT2D eigenvalue weighted by Crippen LogP contribution is -2.25. The summed E-state index contributed by atoms with van der Waals surface area (Å²) >= 11 is 0. The number of nitrogens with one attached hydrogen (secondary N) is 1. The van der Waals surface area contributed by atoms with E-state index in [0.717, 1.165) is 11.5 Å². The van der Waals surface area contributed by atoms with Gasteiger partial charge in [0.1, 0.15) is 11.5 Å². The van der Waals surface area contributed by atoms with Crippen molar-refractivity contribution in [1.82, 2.24) is 5.32 Å². The Morgan fingerprint density at radius 1 is 1.31 bits per heavy atom. The molecule has 0 saturated heterocycles. The Balaban J connectivity index is 2.34. The predicted octanol–water partition coefficient (Wildman–Crippen LogP) is 1.58. The normalized spacial score (nSPS) is 11.6. The fourth-order valence-electron chi connectivity index (χ4n) is 1.24. The number of hydrogen-bond donors (Lipinski definition) is 1. The summed E-state index contributed by atoms with van der Waals surface area (Å²) < 4.78 is 10.5. The van der Waals surface area contributed by atoms with Gasteiger partial charge in [0.05, 0.1) is 25.8 Å². The Morgan fingerprint density at radius 2 is 1.94 bits per heavy atom. The molecule has 4 heteroatoms. The Kier molecular flexibility index (Phi) is 5.17. The highest BCUT2D eigenvalue weighted by atomic mass is 16.5. The van der Waals surface area contributed by atoms with Crippen molar-refractivity contribution in [1.29, 1.82) is 5.26 Å². The van der Waals surface area contributed by atoms with E-state index >= 15 is 0 Å². The minimum Gasteiger partial charge on any atom is -0.497 e. The van der Waals surface area contributed by atoms with E-state index in [1.165, 1.54) is 0 Å². The van der Waals surface area contributed by atoms with Crippen LogP contribution < -0.4 is 14.8 Å². The molecule has 1 aromatic carbocycles. The Hall–Kier alpha value is -1.73. The number of hydrogen-bond acceptors (Lipinski definition) is 4. The van der Waals surface area contributed by atoms with Gasteiger partial charge >= 0.3 is 0 Å². The average Bonchev–Trinajstić information content (AvgIpc) is 2.35. The number of ether oxygens (including phenoxy) is 2. The van der Waals surface area contributed by atoms with Gasteiger partial charge in [-0.1, -0.05) is 0 Å². The van der Waals surface area contributed by atoms with Crippen LogP contribution in [0.2, 0.25) is 0 Å². The average molecular weight is 220 g/mol. The van der Waals surface area contributed by atoms with E-state index in [1.54, 1.807) is 14.2 Å². The molecule has 0 heterocycles. The minimum atomic E-state index is -0.154. The predicted molar refractivity (Wildman–Crippen MR) is 61.6 cm³/mol. The van der Waals surface area contributed by atoms with Crippen molar-refractivity contribution >= 4 is 0 Å². The van der Waals surface area contributed by atoms with E-state index in [4.69, 9.17) is 14.7 Å². The molecule has 0 fully saturated rings. The van der Waals surface area contributed by atoms with Crippen LogP contribution in [0.3, 0.4) is 0 Å². The molecule has 1 unspecified atom stereocenters. The monoisotopic (exact) mass is 220 g/mol. The molecule has 0 spiro atoms. The molecule has 0 aliphatic heterocycles. The molecule has 0 aliphatic rings. The second-order valence-corrected chi connectivity index (χ2v) is 3.28. The summed E-state index contributed by atoms with van der Waals surface area (Å²) in [5.74, 6) is 1.59. The number of nitriles is 1. The van der Waals surface area contributed by atoms with Gasteiger partial charge in [-0.15, -0.1) is 0 Å². The van der Waals surface area contributed by atoms with Crippen molar-refractivity contribution in [3.8, 4) is 17.6 Å². The Bertz CT molecular complexity index is 343. The third kappa shape index (κ3) is 3.79. The SMILES string of the molecule is CNC(C#N)CCOc1ccc(OC)cc1. The zero-order chi connectivity index (χ0) is 11.8. The first-order valence-electron chi connectivity index (χ1n) is 5.14. The molecule has 1 atom stereocenters. The summed E-state index contributed by atoms with van der Waals surface area (Å²) in [5.41, 5.74) is 0. The number of rotatable bonds is 6. The molecule has 0 aliphatic carbocycles. The zero-order valence-corrected chi connectivity index (χ0v) is 9.56. The second kappa shape index (κ2) is 6.70. The maximum atomic E-state index is 8.71. The van der Waals surface area contributed by atoms with Gasteiger partial charge < -0.3 is 14.8 Å². The summed E-state index contributed by atoms with van der Waals surface area (Å²) in [7, 11) is 3.39. The van der Waals surface area contributed by atoms with Crippen LogP contribution in [0, 0.1) is 11.3 Å². The summed E-state index contributed by atoms with van der Waals surface area (Å²) in [6.07, 6.45) is 0.666. The first-order valence-corrected chi connectivity index (χ1v) is 5.14. The van der Waals surface area contributed by atoms with Crippen molar-refractivity contribution in [3.63, 3.8) is 0 Å². The largest absolute Gasteiger partial charge is 0.497 e. The highest BCUT2D eigenvalue weighted by Crippen LogP contribution is 2.17. The Morgan fingerprint density at radius 3 is 2.44 bits per heavy atom. The van der Waals surface area contributed by atoms with Gasteiger partial charge in [0, 0.05) is 6.42 Å².